The summed E-state index contributed by atoms with van der Waals surface area (Å²) in [5, 5.41) is 3.56. The molecule has 100 valence electrons. The molecule has 2 aromatic rings. The Balaban J connectivity index is 2.45. The summed E-state index contributed by atoms with van der Waals surface area (Å²) in [5.74, 6) is 0. The van der Waals surface area contributed by atoms with Crippen molar-refractivity contribution in [1.29, 1.82) is 0 Å². The van der Waals surface area contributed by atoms with E-state index in [1.807, 2.05) is 6.92 Å². The Morgan fingerprint density at radius 2 is 1.89 bits per heavy atom. The Morgan fingerprint density at radius 1 is 1.11 bits per heavy atom. The first-order valence-electron chi connectivity index (χ1n) is 6.86. The van der Waals surface area contributed by atoms with E-state index in [1.165, 1.54) is 16.7 Å². The highest BCUT2D eigenvalue weighted by atomic mass is 14.9. The highest BCUT2D eigenvalue weighted by Gasteiger charge is 2.15. The zero-order valence-electron chi connectivity index (χ0n) is 12.2. The summed E-state index contributed by atoms with van der Waals surface area (Å²) in [5.41, 5.74) is 6.03. The molecule has 2 nitrogen and oxygen atoms in total. The fourth-order valence-corrected chi connectivity index (χ4v) is 2.46. The molecule has 0 radical (unpaired) electrons. The van der Waals surface area contributed by atoms with E-state index in [0.29, 0.717) is 0 Å². The summed E-state index contributed by atoms with van der Waals surface area (Å²) < 4.78 is 0. The zero-order valence-corrected chi connectivity index (χ0v) is 12.2. The summed E-state index contributed by atoms with van der Waals surface area (Å²) >= 11 is 0. The van der Waals surface area contributed by atoms with Gasteiger partial charge in [0.1, 0.15) is 0 Å². The average Bonchev–Trinajstić information content (AvgIpc) is 2.37. The molecule has 0 aliphatic heterocycles. The van der Waals surface area contributed by atoms with E-state index in [2.05, 4.69) is 67.5 Å². The summed E-state index contributed by atoms with van der Waals surface area (Å²) in [4.78, 5) is 4.58. The fourth-order valence-electron chi connectivity index (χ4n) is 2.46. The molecule has 0 saturated carbocycles. The zero-order chi connectivity index (χ0) is 13.8. The summed E-state index contributed by atoms with van der Waals surface area (Å²) in [7, 11) is 0. The molecule has 0 aliphatic carbocycles. The van der Waals surface area contributed by atoms with Crippen LogP contribution in [0.2, 0.25) is 0 Å². The molecule has 0 spiro atoms. The molecule has 1 N–H and O–H groups in total. The van der Waals surface area contributed by atoms with Gasteiger partial charge in [-0.15, -0.1) is 0 Å². The van der Waals surface area contributed by atoms with Crippen molar-refractivity contribution in [3.05, 3.63) is 64.5 Å². The van der Waals surface area contributed by atoms with Crippen molar-refractivity contribution in [3.8, 4) is 0 Å². The molecular weight excluding hydrogens is 232 g/mol. The maximum atomic E-state index is 4.58. The summed E-state index contributed by atoms with van der Waals surface area (Å²) in [6.45, 7) is 9.33. The monoisotopic (exact) mass is 254 g/mol. The molecule has 0 fully saturated rings. The third kappa shape index (κ3) is 3.21. The molecule has 2 heteroatoms. The van der Waals surface area contributed by atoms with E-state index < -0.39 is 0 Å². The Hall–Kier alpha value is -1.67. The van der Waals surface area contributed by atoms with Gasteiger partial charge in [-0.05, 0) is 44.5 Å². The van der Waals surface area contributed by atoms with E-state index >= 15 is 0 Å². The summed E-state index contributed by atoms with van der Waals surface area (Å²) in [6.07, 6.45) is 0. The molecule has 0 bridgehead atoms. The maximum Gasteiger partial charge on any atom is 0.0594 e. The second-order valence-electron chi connectivity index (χ2n) is 5.03. The van der Waals surface area contributed by atoms with Crippen molar-refractivity contribution < 1.29 is 0 Å². The molecule has 19 heavy (non-hydrogen) atoms. The van der Waals surface area contributed by atoms with Crippen LogP contribution in [-0.2, 0) is 0 Å². The quantitative estimate of drug-likeness (QED) is 0.899. The van der Waals surface area contributed by atoms with Crippen LogP contribution in [-0.4, -0.2) is 11.5 Å². The van der Waals surface area contributed by atoms with E-state index in [-0.39, 0.29) is 6.04 Å². The van der Waals surface area contributed by atoms with Gasteiger partial charge in [0, 0.05) is 11.4 Å². The first-order valence-corrected chi connectivity index (χ1v) is 6.86. The van der Waals surface area contributed by atoms with Crippen molar-refractivity contribution >= 4 is 0 Å². The first-order chi connectivity index (χ1) is 9.11. The molecule has 2 rings (SSSR count). The number of hydrogen-bond donors (Lipinski definition) is 1. The predicted octanol–water partition coefficient (Wildman–Crippen LogP) is 3.71. The Kier molecular flexibility index (Phi) is 4.33. The first kappa shape index (κ1) is 13.8. The molecule has 1 heterocycles. The molecular formula is C17H22N2. The van der Waals surface area contributed by atoms with Gasteiger partial charge in [-0.3, -0.25) is 4.98 Å². The summed E-state index contributed by atoms with van der Waals surface area (Å²) in [6, 6.07) is 13.2. The topological polar surface area (TPSA) is 24.9 Å². The van der Waals surface area contributed by atoms with Crippen molar-refractivity contribution in [1.82, 2.24) is 10.3 Å². The number of nitrogens with one attached hydrogen (secondary N) is 1. The molecule has 1 aromatic heterocycles. The number of pyridine rings is 1. The van der Waals surface area contributed by atoms with E-state index in [1.54, 1.807) is 0 Å². The van der Waals surface area contributed by atoms with Crippen LogP contribution in [0.5, 0.6) is 0 Å². The number of nitrogens with zero attached hydrogens (tertiary/aromatic N) is 1. The lowest BCUT2D eigenvalue weighted by molar-refractivity contribution is 0.624. The number of aryl methyl sites for hydroxylation is 3. The van der Waals surface area contributed by atoms with Crippen LogP contribution in [0, 0.1) is 20.8 Å². The highest BCUT2D eigenvalue weighted by molar-refractivity contribution is 5.36. The van der Waals surface area contributed by atoms with Gasteiger partial charge in [-0.25, -0.2) is 0 Å². The third-order valence-corrected chi connectivity index (χ3v) is 3.36. The number of benzene rings is 1. The van der Waals surface area contributed by atoms with Gasteiger partial charge in [0.25, 0.3) is 0 Å². The van der Waals surface area contributed by atoms with Crippen molar-refractivity contribution in [2.75, 3.05) is 6.54 Å². The Labute approximate surface area is 115 Å². The second kappa shape index (κ2) is 5.98. The van der Waals surface area contributed by atoms with Gasteiger partial charge in [-0.1, -0.05) is 42.8 Å². The Bertz CT molecular complexity index is 561. The molecule has 1 aromatic carbocycles. The predicted molar refractivity (Wildman–Crippen MR) is 80.4 cm³/mol. The average molecular weight is 254 g/mol. The van der Waals surface area contributed by atoms with Crippen LogP contribution < -0.4 is 5.32 Å². The van der Waals surface area contributed by atoms with Gasteiger partial charge in [-0.2, -0.15) is 0 Å². The fraction of sp³-hybridized carbons (Fsp3) is 0.353. The second-order valence-corrected chi connectivity index (χ2v) is 5.03. The van der Waals surface area contributed by atoms with Gasteiger partial charge in [0.15, 0.2) is 0 Å². The van der Waals surface area contributed by atoms with Gasteiger partial charge < -0.3 is 5.32 Å². The molecule has 0 aliphatic rings. The molecule has 1 atom stereocenters. The van der Waals surface area contributed by atoms with E-state index in [0.717, 1.165) is 17.9 Å². The highest BCUT2D eigenvalue weighted by Crippen LogP contribution is 2.24. The van der Waals surface area contributed by atoms with Gasteiger partial charge >= 0.3 is 0 Å². The maximum absolute atomic E-state index is 4.58. The van der Waals surface area contributed by atoms with Crippen molar-refractivity contribution in [2.24, 2.45) is 0 Å². The third-order valence-electron chi connectivity index (χ3n) is 3.36. The van der Waals surface area contributed by atoms with Crippen LogP contribution in [0.15, 0.2) is 36.4 Å². The lowest BCUT2D eigenvalue weighted by atomic mass is 9.96. The minimum absolute atomic E-state index is 0.220. The van der Waals surface area contributed by atoms with Crippen LogP contribution >= 0.6 is 0 Å². The smallest absolute Gasteiger partial charge is 0.0594 e. The molecule has 0 saturated heterocycles. The Morgan fingerprint density at radius 3 is 2.53 bits per heavy atom. The molecule has 1 unspecified atom stereocenters. The van der Waals surface area contributed by atoms with Crippen LogP contribution in [0.25, 0.3) is 0 Å². The van der Waals surface area contributed by atoms with E-state index in [9.17, 15) is 0 Å². The van der Waals surface area contributed by atoms with Crippen LogP contribution in [0.4, 0.5) is 0 Å². The largest absolute Gasteiger partial charge is 0.306 e. The SMILES string of the molecule is CCNC(c1cccc(C)c1)c1ccc(C)nc1C. The minimum atomic E-state index is 0.220. The molecule has 0 amide bonds. The number of aromatic nitrogens is 1. The van der Waals surface area contributed by atoms with E-state index in [4.69, 9.17) is 0 Å². The lowest BCUT2D eigenvalue weighted by Crippen LogP contribution is -2.23. The normalized spacial score (nSPS) is 12.4. The van der Waals surface area contributed by atoms with Crippen molar-refractivity contribution in [3.63, 3.8) is 0 Å². The van der Waals surface area contributed by atoms with Gasteiger partial charge in [0.2, 0.25) is 0 Å². The van der Waals surface area contributed by atoms with Crippen LogP contribution in [0.3, 0.4) is 0 Å². The lowest BCUT2D eigenvalue weighted by Gasteiger charge is -2.21. The minimum Gasteiger partial charge on any atom is -0.306 e. The number of hydrogen-bond acceptors (Lipinski definition) is 2. The van der Waals surface area contributed by atoms with Gasteiger partial charge in [0.05, 0.1) is 6.04 Å². The van der Waals surface area contributed by atoms with Crippen LogP contribution in [0.1, 0.15) is 41.0 Å². The standard InChI is InChI=1S/C17H22N2/c1-5-18-17(15-8-6-7-12(2)11-15)16-10-9-13(3)19-14(16)4/h6-11,17-18H,5H2,1-4H3. The number of rotatable bonds is 4. The van der Waals surface area contributed by atoms with Crippen molar-refractivity contribution in [2.45, 2.75) is 33.7 Å².